The Balaban J connectivity index is 1.92. The first-order valence-electron chi connectivity index (χ1n) is 8.61. The van der Waals surface area contributed by atoms with Gasteiger partial charge in [-0.05, 0) is 48.9 Å². The van der Waals surface area contributed by atoms with Crippen LogP contribution in [0.2, 0.25) is 10.0 Å². The van der Waals surface area contributed by atoms with Crippen LogP contribution in [0.5, 0.6) is 0 Å². The number of carbonyl (C=O) groups excluding carboxylic acids is 2. The zero-order chi connectivity index (χ0) is 20.5. The van der Waals surface area contributed by atoms with Crippen molar-refractivity contribution in [1.82, 2.24) is 9.91 Å². The third kappa shape index (κ3) is 3.98. The van der Waals surface area contributed by atoms with E-state index in [4.69, 9.17) is 23.2 Å². The van der Waals surface area contributed by atoms with E-state index in [9.17, 15) is 9.59 Å². The van der Waals surface area contributed by atoms with Gasteiger partial charge in [-0.2, -0.15) is 5.10 Å². The van der Waals surface area contributed by atoms with Crippen LogP contribution in [0.3, 0.4) is 0 Å². The van der Waals surface area contributed by atoms with E-state index in [2.05, 4.69) is 10.4 Å². The van der Waals surface area contributed by atoms with Crippen LogP contribution in [0.4, 0.5) is 10.5 Å². The third-order valence-electron chi connectivity index (χ3n) is 4.54. The van der Waals surface area contributed by atoms with E-state index in [0.717, 1.165) is 5.56 Å². The van der Waals surface area contributed by atoms with Gasteiger partial charge in [0.05, 0.1) is 12.3 Å². The highest BCUT2D eigenvalue weighted by Crippen LogP contribution is 2.33. The van der Waals surface area contributed by atoms with E-state index in [-0.39, 0.29) is 12.5 Å². The molecule has 3 amide bonds. The molecular formula is C20H20Cl2N4O2. The van der Waals surface area contributed by atoms with Crippen LogP contribution in [-0.2, 0) is 4.79 Å². The minimum Gasteiger partial charge on any atom is -0.348 e. The van der Waals surface area contributed by atoms with Gasteiger partial charge in [-0.1, -0.05) is 35.3 Å². The Morgan fingerprint density at radius 1 is 1.04 bits per heavy atom. The smallest absolute Gasteiger partial charge is 0.342 e. The lowest BCUT2D eigenvalue weighted by molar-refractivity contribution is -0.134. The van der Waals surface area contributed by atoms with Crippen LogP contribution < -0.4 is 5.32 Å². The van der Waals surface area contributed by atoms with Crippen molar-refractivity contribution >= 4 is 46.5 Å². The number of benzene rings is 2. The van der Waals surface area contributed by atoms with Crippen LogP contribution in [-0.4, -0.2) is 48.2 Å². The summed E-state index contributed by atoms with van der Waals surface area (Å²) in [5, 5.41) is 9.69. The second-order valence-electron chi connectivity index (χ2n) is 6.98. The molecular weight excluding hydrogens is 399 g/mol. The van der Waals surface area contributed by atoms with Crippen molar-refractivity contribution < 1.29 is 9.59 Å². The monoisotopic (exact) mass is 418 g/mol. The van der Waals surface area contributed by atoms with E-state index >= 15 is 0 Å². The number of hydrazone groups is 1. The van der Waals surface area contributed by atoms with Crippen molar-refractivity contribution in [3.8, 4) is 0 Å². The summed E-state index contributed by atoms with van der Waals surface area (Å²) in [6.45, 7) is 1.92. The lowest BCUT2D eigenvalue weighted by Crippen LogP contribution is -2.46. The molecule has 1 unspecified atom stereocenters. The maximum atomic E-state index is 12.9. The molecule has 0 saturated heterocycles. The molecule has 1 atom stereocenters. The van der Waals surface area contributed by atoms with Gasteiger partial charge in [0.1, 0.15) is 5.41 Å². The number of anilines is 1. The van der Waals surface area contributed by atoms with Gasteiger partial charge in [-0.15, -0.1) is 0 Å². The first kappa shape index (κ1) is 20.2. The molecule has 0 radical (unpaired) electrons. The molecule has 3 rings (SSSR count). The normalized spacial score (nSPS) is 18.6. The van der Waals surface area contributed by atoms with Crippen LogP contribution in [0.25, 0.3) is 0 Å². The largest absolute Gasteiger partial charge is 0.348 e. The van der Waals surface area contributed by atoms with Gasteiger partial charge < -0.3 is 10.2 Å². The molecule has 2 aromatic rings. The molecule has 146 valence electrons. The minimum atomic E-state index is -0.978. The number of hydrogen-bond acceptors (Lipinski definition) is 3. The van der Waals surface area contributed by atoms with Crippen molar-refractivity contribution in [3.05, 3.63) is 64.1 Å². The van der Waals surface area contributed by atoms with E-state index < -0.39 is 11.4 Å². The highest BCUT2D eigenvalue weighted by molar-refractivity contribution is 6.31. The Kier molecular flexibility index (Phi) is 5.63. The molecule has 0 aromatic heterocycles. The fraction of sp³-hybridized carbons (Fsp3) is 0.250. The van der Waals surface area contributed by atoms with Crippen molar-refractivity contribution in [2.75, 3.05) is 26.0 Å². The number of urea groups is 1. The molecule has 0 spiro atoms. The molecule has 0 fully saturated rings. The van der Waals surface area contributed by atoms with Gasteiger partial charge in [0.25, 0.3) is 0 Å². The van der Waals surface area contributed by atoms with Gasteiger partial charge in [-0.25, -0.2) is 9.80 Å². The summed E-state index contributed by atoms with van der Waals surface area (Å²) >= 11 is 11.9. The SMILES string of the molecule is CN(C)C(=O)C1(C)CN(C(=O)Nc2ccc(Cl)cc2)N=C1c1ccc(Cl)cc1. The van der Waals surface area contributed by atoms with Crippen LogP contribution >= 0.6 is 23.2 Å². The molecule has 8 heteroatoms. The molecule has 1 aliphatic rings. The van der Waals surface area contributed by atoms with Gasteiger partial charge in [0.2, 0.25) is 5.91 Å². The first-order chi connectivity index (χ1) is 13.2. The molecule has 28 heavy (non-hydrogen) atoms. The van der Waals surface area contributed by atoms with Crippen LogP contribution in [0, 0.1) is 5.41 Å². The van der Waals surface area contributed by atoms with Crippen LogP contribution in [0.1, 0.15) is 12.5 Å². The summed E-state index contributed by atoms with van der Waals surface area (Å²) in [7, 11) is 3.37. The van der Waals surface area contributed by atoms with Gasteiger partial charge in [0.15, 0.2) is 0 Å². The number of nitrogens with zero attached hydrogens (tertiary/aromatic N) is 3. The number of nitrogens with one attached hydrogen (secondary N) is 1. The number of rotatable bonds is 3. The number of halogens is 2. The Morgan fingerprint density at radius 2 is 1.57 bits per heavy atom. The fourth-order valence-electron chi connectivity index (χ4n) is 3.13. The summed E-state index contributed by atoms with van der Waals surface area (Å²) < 4.78 is 0. The Morgan fingerprint density at radius 3 is 2.11 bits per heavy atom. The van der Waals surface area contributed by atoms with Crippen molar-refractivity contribution in [2.24, 2.45) is 10.5 Å². The Hall–Kier alpha value is -2.57. The molecule has 6 nitrogen and oxygen atoms in total. The van der Waals surface area contributed by atoms with E-state index in [1.54, 1.807) is 69.6 Å². The number of hydrogen-bond donors (Lipinski definition) is 1. The predicted molar refractivity (Wildman–Crippen MR) is 112 cm³/mol. The van der Waals surface area contributed by atoms with E-state index in [0.29, 0.717) is 21.4 Å². The highest BCUT2D eigenvalue weighted by Gasteiger charge is 2.48. The summed E-state index contributed by atoms with van der Waals surface area (Å²) in [6.07, 6.45) is 0. The molecule has 2 aromatic carbocycles. The molecule has 0 aliphatic carbocycles. The highest BCUT2D eigenvalue weighted by atomic mass is 35.5. The summed E-state index contributed by atoms with van der Waals surface area (Å²) in [5.41, 5.74) is 0.873. The van der Waals surface area contributed by atoms with E-state index in [1.165, 1.54) is 9.91 Å². The topological polar surface area (TPSA) is 65.0 Å². The molecule has 1 N–H and O–H groups in total. The molecule has 0 bridgehead atoms. The first-order valence-corrected chi connectivity index (χ1v) is 9.37. The Labute approximate surface area is 173 Å². The van der Waals surface area contributed by atoms with Crippen LogP contribution in [0.15, 0.2) is 53.6 Å². The zero-order valence-electron chi connectivity index (χ0n) is 15.7. The van der Waals surface area contributed by atoms with Gasteiger partial charge in [0, 0.05) is 29.8 Å². The lowest BCUT2D eigenvalue weighted by Gasteiger charge is -2.28. The number of amides is 3. The molecule has 1 heterocycles. The molecule has 1 aliphatic heterocycles. The Bertz CT molecular complexity index is 926. The lowest BCUT2D eigenvalue weighted by atomic mass is 9.81. The number of carbonyl (C=O) groups is 2. The molecule has 0 saturated carbocycles. The average molecular weight is 419 g/mol. The van der Waals surface area contributed by atoms with Crippen molar-refractivity contribution in [1.29, 1.82) is 0 Å². The minimum absolute atomic E-state index is 0.126. The second-order valence-corrected chi connectivity index (χ2v) is 7.85. The summed E-state index contributed by atoms with van der Waals surface area (Å²) in [4.78, 5) is 27.2. The second kappa shape index (κ2) is 7.81. The summed E-state index contributed by atoms with van der Waals surface area (Å²) in [5.74, 6) is -0.136. The quantitative estimate of drug-likeness (QED) is 0.805. The van der Waals surface area contributed by atoms with Crippen molar-refractivity contribution in [3.63, 3.8) is 0 Å². The summed E-state index contributed by atoms with van der Waals surface area (Å²) in [6, 6.07) is 13.4. The predicted octanol–water partition coefficient (Wildman–Crippen LogP) is 4.34. The third-order valence-corrected chi connectivity index (χ3v) is 5.04. The van der Waals surface area contributed by atoms with Gasteiger partial charge in [-0.3, -0.25) is 4.79 Å². The fourth-order valence-corrected chi connectivity index (χ4v) is 3.38. The standard InChI is InChI=1S/C20H20Cl2N4O2/c1-20(18(27)25(2)3)12-26(19(28)23-16-10-8-15(22)9-11-16)24-17(20)13-4-6-14(21)7-5-13/h4-11H,12H2,1-3H3,(H,23,28). The zero-order valence-corrected chi connectivity index (χ0v) is 17.3. The van der Waals surface area contributed by atoms with Gasteiger partial charge >= 0.3 is 6.03 Å². The maximum absolute atomic E-state index is 12.9. The average Bonchev–Trinajstić information content (AvgIpc) is 3.02. The maximum Gasteiger partial charge on any atom is 0.342 e. The van der Waals surface area contributed by atoms with E-state index in [1.807, 2.05) is 0 Å². The van der Waals surface area contributed by atoms with Crippen molar-refractivity contribution in [2.45, 2.75) is 6.92 Å².